The number of hydrogen-bond acceptors (Lipinski definition) is 6. The maximum Gasteiger partial charge on any atom is 0.307 e. The van der Waals surface area contributed by atoms with Crippen molar-refractivity contribution in [2.75, 3.05) is 12.1 Å². The molecule has 1 aromatic rings. The monoisotopic (exact) mass is 523 g/mol. The molecule has 5 fully saturated rings. The largest absolute Gasteiger partial charge is 0.481 e. The van der Waals surface area contributed by atoms with Gasteiger partial charge in [-0.2, -0.15) is 5.10 Å². The third kappa shape index (κ3) is 4.87. The summed E-state index contributed by atoms with van der Waals surface area (Å²) in [5.74, 6) is 0.762. The Hall–Kier alpha value is -3.10. The van der Waals surface area contributed by atoms with Crippen molar-refractivity contribution in [3.05, 3.63) is 17.7 Å². The summed E-state index contributed by atoms with van der Waals surface area (Å²) in [4.78, 5) is 38.0. The quantitative estimate of drug-likeness (QED) is 0.352. The fraction of sp³-hybridized carbons (Fsp3) is 0.655. The number of amides is 2. The van der Waals surface area contributed by atoms with E-state index in [1.807, 2.05) is 0 Å². The van der Waals surface area contributed by atoms with Crippen molar-refractivity contribution in [1.29, 1.82) is 0 Å². The first-order chi connectivity index (χ1) is 18.3. The van der Waals surface area contributed by atoms with E-state index in [4.69, 9.17) is 9.47 Å². The second-order valence-corrected chi connectivity index (χ2v) is 12.4. The van der Waals surface area contributed by atoms with Gasteiger partial charge in [0.2, 0.25) is 18.6 Å². The zero-order valence-corrected chi connectivity index (χ0v) is 22.0. The zero-order valence-electron chi connectivity index (χ0n) is 22.0. The molecule has 0 aromatic heterocycles. The summed E-state index contributed by atoms with van der Waals surface area (Å²) in [6.45, 7) is 1.85. The van der Waals surface area contributed by atoms with E-state index in [1.165, 1.54) is 19.3 Å². The van der Waals surface area contributed by atoms with E-state index < -0.39 is 17.8 Å². The maximum atomic E-state index is 13.2. The Kier molecular flexibility index (Phi) is 6.56. The second-order valence-electron chi connectivity index (χ2n) is 12.4. The van der Waals surface area contributed by atoms with Gasteiger partial charge in [-0.15, -0.1) is 0 Å². The van der Waals surface area contributed by atoms with Crippen molar-refractivity contribution in [3.8, 4) is 11.5 Å². The van der Waals surface area contributed by atoms with Crippen LogP contribution in [0.2, 0.25) is 0 Å². The van der Waals surface area contributed by atoms with Gasteiger partial charge in [-0.1, -0.05) is 12.8 Å². The number of hydrogen-bond donors (Lipinski definition) is 3. The molecule has 0 radical (unpaired) electrons. The van der Waals surface area contributed by atoms with Gasteiger partial charge in [0.1, 0.15) is 0 Å². The van der Waals surface area contributed by atoms with Crippen LogP contribution >= 0.6 is 0 Å². The Morgan fingerprint density at radius 2 is 1.58 bits per heavy atom. The van der Waals surface area contributed by atoms with Gasteiger partial charge >= 0.3 is 5.97 Å². The summed E-state index contributed by atoms with van der Waals surface area (Å²) in [6.07, 6.45) is 10.7. The third-order valence-electron chi connectivity index (χ3n) is 9.63. The van der Waals surface area contributed by atoms with E-state index in [0.29, 0.717) is 47.7 Å². The van der Waals surface area contributed by atoms with Crippen LogP contribution in [0.25, 0.3) is 0 Å². The molecule has 9 nitrogen and oxygen atoms in total. The van der Waals surface area contributed by atoms with Crippen LogP contribution in [0.1, 0.15) is 83.1 Å². The second kappa shape index (κ2) is 9.89. The fourth-order valence-electron chi connectivity index (χ4n) is 8.40. The highest BCUT2D eigenvalue weighted by Crippen LogP contribution is 2.61. The molecule has 1 aliphatic heterocycles. The lowest BCUT2D eigenvalue weighted by molar-refractivity contribution is -0.147. The number of benzene rings is 1. The van der Waals surface area contributed by atoms with Crippen molar-refractivity contribution in [2.45, 2.75) is 77.6 Å². The number of nitrogens with zero attached hydrogens (tertiary/aromatic N) is 1. The Morgan fingerprint density at radius 3 is 2.21 bits per heavy atom. The predicted molar refractivity (Wildman–Crippen MR) is 140 cm³/mol. The highest BCUT2D eigenvalue weighted by Gasteiger charge is 2.51. The van der Waals surface area contributed by atoms with Crippen molar-refractivity contribution in [1.82, 2.24) is 5.43 Å². The number of hydrazone groups is 1. The summed E-state index contributed by atoms with van der Waals surface area (Å²) >= 11 is 0. The van der Waals surface area contributed by atoms with Crippen LogP contribution in [-0.2, 0) is 14.4 Å². The number of ether oxygens (including phenoxy) is 2. The molecule has 5 saturated carbocycles. The van der Waals surface area contributed by atoms with E-state index >= 15 is 0 Å². The average Bonchev–Trinajstić information content (AvgIpc) is 3.33. The summed E-state index contributed by atoms with van der Waals surface area (Å²) in [5, 5.41) is 17.0. The standard InChI is InChI=1S/C29H37N3O6/c1-16(31-32-26(33)14-29-11-17-6-18(12-29)8-19(7-17)13-29)22-9-24-25(38-15-37-24)10-23(22)30-27(34)20-4-2-3-5-21(20)28(35)36/h9-10,17-21H,2-8,11-15H2,1H3,(H,30,34)(H,32,33)(H,35,36)/b31-16-/t17?,18?,19?,20-,21+,29?/m1/s1. The Bertz CT molecular complexity index is 1140. The van der Waals surface area contributed by atoms with E-state index in [1.54, 1.807) is 19.1 Å². The molecule has 0 unspecified atom stereocenters. The Balaban J connectivity index is 1.18. The molecule has 5 aliphatic carbocycles. The number of carboxylic acid groups (broad SMARTS) is 1. The normalized spacial score (nSPS) is 33.2. The molecule has 2 amide bonds. The van der Waals surface area contributed by atoms with Crippen LogP contribution < -0.4 is 20.2 Å². The lowest BCUT2D eigenvalue weighted by Crippen LogP contribution is -2.47. The molecule has 2 atom stereocenters. The van der Waals surface area contributed by atoms with Gasteiger partial charge in [0.05, 0.1) is 23.2 Å². The first-order valence-corrected chi connectivity index (χ1v) is 14.1. The smallest absolute Gasteiger partial charge is 0.307 e. The van der Waals surface area contributed by atoms with E-state index in [-0.39, 0.29) is 24.0 Å². The predicted octanol–water partition coefficient (Wildman–Crippen LogP) is 4.69. The minimum atomic E-state index is -0.935. The molecule has 9 heteroatoms. The van der Waals surface area contributed by atoms with Crippen molar-refractivity contribution >= 4 is 29.2 Å². The highest BCUT2D eigenvalue weighted by molar-refractivity contribution is 6.08. The first-order valence-electron chi connectivity index (χ1n) is 14.1. The van der Waals surface area contributed by atoms with Gasteiger partial charge in [0, 0.05) is 18.1 Å². The fourth-order valence-corrected chi connectivity index (χ4v) is 8.40. The molecule has 1 aromatic carbocycles. The van der Waals surface area contributed by atoms with Crippen molar-refractivity contribution < 1.29 is 29.0 Å². The molecular weight excluding hydrogens is 486 g/mol. The lowest BCUT2D eigenvalue weighted by atomic mass is 9.49. The van der Waals surface area contributed by atoms with Crippen LogP contribution in [0.3, 0.4) is 0 Å². The molecule has 7 rings (SSSR count). The summed E-state index contributed by atoms with van der Waals surface area (Å²) < 4.78 is 11.1. The van der Waals surface area contributed by atoms with Gasteiger partial charge in [-0.05, 0) is 87.5 Å². The van der Waals surface area contributed by atoms with Crippen LogP contribution in [0.15, 0.2) is 17.2 Å². The van der Waals surface area contributed by atoms with E-state index in [2.05, 4.69) is 15.8 Å². The van der Waals surface area contributed by atoms with Crippen LogP contribution in [0, 0.1) is 35.0 Å². The molecule has 38 heavy (non-hydrogen) atoms. The molecule has 6 aliphatic rings. The Morgan fingerprint density at radius 1 is 0.974 bits per heavy atom. The molecule has 1 heterocycles. The third-order valence-corrected chi connectivity index (χ3v) is 9.63. The summed E-state index contributed by atoms with van der Waals surface area (Å²) in [5.41, 5.74) is 4.49. The molecule has 0 spiro atoms. The average molecular weight is 524 g/mol. The number of carbonyl (C=O) groups is 3. The molecular formula is C29H37N3O6. The van der Waals surface area contributed by atoms with Crippen molar-refractivity contribution in [3.63, 3.8) is 0 Å². The number of carbonyl (C=O) groups excluding carboxylic acids is 2. The van der Waals surface area contributed by atoms with Gasteiger partial charge in [0.25, 0.3) is 0 Å². The van der Waals surface area contributed by atoms with E-state index in [0.717, 1.165) is 49.9 Å². The van der Waals surface area contributed by atoms with Gasteiger partial charge in [-0.25, -0.2) is 5.43 Å². The Labute approximate surface area is 222 Å². The topological polar surface area (TPSA) is 126 Å². The SMILES string of the molecule is C/C(=N/NC(=O)CC12CC3CC(CC(C3)C1)C2)c1cc2c(cc1NC(=O)[C@@H]1CCCC[C@@H]1C(=O)O)OCO2. The lowest BCUT2D eigenvalue weighted by Gasteiger charge is -2.56. The van der Waals surface area contributed by atoms with Crippen LogP contribution in [0.5, 0.6) is 11.5 Å². The molecule has 204 valence electrons. The van der Waals surface area contributed by atoms with Gasteiger partial charge in [-0.3, -0.25) is 14.4 Å². The number of fused-ring (bicyclic) bond motifs is 1. The molecule has 3 N–H and O–H groups in total. The molecule has 4 bridgehead atoms. The van der Waals surface area contributed by atoms with E-state index in [9.17, 15) is 19.5 Å². The zero-order chi connectivity index (χ0) is 26.4. The number of anilines is 1. The summed E-state index contributed by atoms with van der Waals surface area (Å²) in [7, 11) is 0. The number of carboxylic acids is 1. The first kappa shape index (κ1) is 25.2. The number of aliphatic carboxylic acids is 1. The van der Waals surface area contributed by atoms with Gasteiger partial charge in [0.15, 0.2) is 11.5 Å². The molecule has 0 saturated heterocycles. The van der Waals surface area contributed by atoms with Crippen LogP contribution in [0.4, 0.5) is 5.69 Å². The minimum absolute atomic E-state index is 0.0656. The highest BCUT2D eigenvalue weighted by atomic mass is 16.7. The number of nitrogens with one attached hydrogen (secondary N) is 2. The number of rotatable bonds is 7. The minimum Gasteiger partial charge on any atom is -0.481 e. The van der Waals surface area contributed by atoms with Gasteiger partial charge < -0.3 is 19.9 Å². The summed E-state index contributed by atoms with van der Waals surface area (Å²) in [6, 6.07) is 3.43. The van der Waals surface area contributed by atoms with Crippen molar-refractivity contribution in [2.24, 2.45) is 40.1 Å². The van der Waals surface area contributed by atoms with Crippen LogP contribution in [-0.4, -0.2) is 35.4 Å². The maximum absolute atomic E-state index is 13.2.